The fraction of sp³-hybridized carbons (Fsp3) is 0.182. The van der Waals surface area contributed by atoms with E-state index in [2.05, 4.69) is 22.6 Å². The maximum Gasteiger partial charge on any atom is 0.190 e. The highest BCUT2D eigenvalue weighted by Gasteiger charge is 2.07. The van der Waals surface area contributed by atoms with Crippen molar-refractivity contribution < 1.29 is 9.90 Å². The molecule has 0 amide bonds. The van der Waals surface area contributed by atoms with Crippen LogP contribution in [0.5, 0.6) is 5.75 Å². The van der Waals surface area contributed by atoms with E-state index < -0.39 is 0 Å². The fourth-order valence-corrected chi connectivity index (χ4v) is 1.49. The number of halogens is 1. The molecule has 0 aliphatic carbocycles. The molecule has 0 unspecified atom stereocenters. The maximum absolute atomic E-state index is 11.6. The summed E-state index contributed by atoms with van der Waals surface area (Å²) in [4.78, 5) is 13.4. The Morgan fingerprint density at radius 3 is 2.67 bits per heavy atom. The van der Waals surface area contributed by atoms with Gasteiger partial charge in [0.1, 0.15) is 5.75 Å². The van der Waals surface area contributed by atoms with Crippen molar-refractivity contribution in [1.82, 2.24) is 4.90 Å². The Morgan fingerprint density at radius 1 is 1.47 bits per heavy atom. The zero-order valence-corrected chi connectivity index (χ0v) is 10.7. The van der Waals surface area contributed by atoms with Crippen molar-refractivity contribution >= 4 is 28.4 Å². The number of ketones is 1. The third-order valence-electron chi connectivity index (χ3n) is 1.75. The van der Waals surface area contributed by atoms with Gasteiger partial charge in [-0.3, -0.25) is 4.79 Å². The van der Waals surface area contributed by atoms with Gasteiger partial charge in [0.2, 0.25) is 0 Å². The van der Waals surface area contributed by atoms with Crippen LogP contribution >= 0.6 is 22.6 Å². The van der Waals surface area contributed by atoms with Crippen LogP contribution < -0.4 is 0 Å². The molecule has 0 bridgehead atoms. The number of aromatic hydroxyl groups is 1. The highest BCUT2D eigenvalue weighted by atomic mass is 127. The maximum atomic E-state index is 11.6. The summed E-state index contributed by atoms with van der Waals surface area (Å²) in [6.45, 7) is 0. The van der Waals surface area contributed by atoms with E-state index in [1.54, 1.807) is 29.3 Å². The Bertz CT molecular complexity index is 400. The van der Waals surface area contributed by atoms with Gasteiger partial charge in [-0.05, 0) is 40.8 Å². The second kappa shape index (κ2) is 5.16. The van der Waals surface area contributed by atoms with E-state index in [-0.39, 0.29) is 11.5 Å². The topological polar surface area (TPSA) is 40.5 Å². The number of hydrogen-bond donors (Lipinski definition) is 1. The summed E-state index contributed by atoms with van der Waals surface area (Å²) < 4.78 is 0.901. The SMILES string of the molecule is CN(C)/C=C/C(=O)c1ccc(I)cc1O. The molecule has 0 heterocycles. The standard InChI is InChI=1S/C11H12INO2/c1-13(2)6-5-10(14)9-4-3-8(12)7-11(9)15/h3-7,15H,1-2H3/b6-5+. The number of hydrogen-bond acceptors (Lipinski definition) is 3. The molecule has 0 aromatic heterocycles. The first-order chi connectivity index (χ1) is 7.00. The van der Waals surface area contributed by atoms with Crippen LogP contribution in [0.3, 0.4) is 0 Å². The summed E-state index contributed by atoms with van der Waals surface area (Å²) in [7, 11) is 3.66. The number of phenols is 1. The molecule has 1 aromatic rings. The van der Waals surface area contributed by atoms with Crippen LogP contribution in [0.2, 0.25) is 0 Å². The minimum atomic E-state index is -0.197. The van der Waals surface area contributed by atoms with Gasteiger partial charge in [0.25, 0.3) is 0 Å². The van der Waals surface area contributed by atoms with Gasteiger partial charge in [-0.1, -0.05) is 0 Å². The molecule has 0 aliphatic rings. The Labute approximate surface area is 103 Å². The normalized spacial score (nSPS) is 10.6. The molecule has 1 rings (SSSR count). The second-order valence-electron chi connectivity index (χ2n) is 3.31. The smallest absolute Gasteiger partial charge is 0.190 e. The fourth-order valence-electron chi connectivity index (χ4n) is 1.02. The van der Waals surface area contributed by atoms with Gasteiger partial charge >= 0.3 is 0 Å². The zero-order valence-electron chi connectivity index (χ0n) is 8.57. The van der Waals surface area contributed by atoms with Crippen LogP contribution in [0, 0.1) is 3.57 Å². The number of carbonyl (C=O) groups excluding carboxylic acids is 1. The Hall–Kier alpha value is -1.04. The van der Waals surface area contributed by atoms with E-state index in [1.807, 2.05) is 14.1 Å². The minimum absolute atomic E-state index is 0.0234. The number of allylic oxidation sites excluding steroid dienone is 1. The van der Waals surface area contributed by atoms with Crippen LogP contribution in [-0.2, 0) is 0 Å². The minimum Gasteiger partial charge on any atom is -0.507 e. The van der Waals surface area contributed by atoms with Gasteiger partial charge in [-0.25, -0.2) is 0 Å². The summed E-state index contributed by atoms with van der Waals surface area (Å²) in [5.74, 6) is -0.173. The number of nitrogens with zero attached hydrogens (tertiary/aromatic N) is 1. The molecule has 1 N–H and O–H groups in total. The molecule has 0 fully saturated rings. The molecule has 1 aromatic carbocycles. The predicted molar refractivity (Wildman–Crippen MR) is 68.0 cm³/mol. The Kier molecular flexibility index (Phi) is 4.14. The lowest BCUT2D eigenvalue weighted by Crippen LogP contribution is -2.03. The summed E-state index contributed by atoms with van der Waals surface area (Å²) >= 11 is 2.08. The van der Waals surface area contributed by atoms with Gasteiger partial charge in [0.05, 0.1) is 5.56 Å². The summed E-state index contributed by atoms with van der Waals surface area (Å²) in [6.07, 6.45) is 3.08. The molecular formula is C11H12INO2. The van der Waals surface area contributed by atoms with Gasteiger partial charge in [0.15, 0.2) is 5.78 Å². The lowest BCUT2D eigenvalue weighted by Gasteiger charge is -2.04. The predicted octanol–water partition coefficient (Wildman–Crippen LogP) is 2.25. The van der Waals surface area contributed by atoms with E-state index in [1.165, 1.54) is 6.08 Å². The lowest BCUT2D eigenvalue weighted by atomic mass is 10.1. The first-order valence-corrected chi connectivity index (χ1v) is 5.46. The lowest BCUT2D eigenvalue weighted by molar-refractivity contribution is 0.104. The largest absolute Gasteiger partial charge is 0.507 e. The first-order valence-electron chi connectivity index (χ1n) is 4.38. The van der Waals surface area contributed by atoms with Crippen molar-refractivity contribution in [2.75, 3.05) is 14.1 Å². The van der Waals surface area contributed by atoms with E-state index in [9.17, 15) is 9.90 Å². The first kappa shape index (κ1) is 12.0. The molecule has 0 spiro atoms. The third-order valence-corrected chi connectivity index (χ3v) is 2.42. The van der Waals surface area contributed by atoms with Crippen molar-refractivity contribution in [2.45, 2.75) is 0 Å². The molecular weight excluding hydrogens is 305 g/mol. The van der Waals surface area contributed by atoms with Crippen LogP contribution in [0.1, 0.15) is 10.4 Å². The molecule has 15 heavy (non-hydrogen) atoms. The van der Waals surface area contributed by atoms with Gasteiger partial charge in [-0.15, -0.1) is 0 Å². The van der Waals surface area contributed by atoms with E-state index >= 15 is 0 Å². The van der Waals surface area contributed by atoms with E-state index in [4.69, 9.17) is 0 Å². The van der Waals surface area contributed by atoms with Crippen molar-refractivity contribution in [3.05, 3.63) is 39.6 Å². The summed E-state index contributed by atoms with van der Waals surface area (Å²) in [5, 5.41) is 9.55. The number of phenolic OH excluding ortho intramolecular Hbond substituents is 1. The summed E-state index contributed by atoms with van der Waals surface area (Å²) in [5.41, 5.74) is 0.327. The number of rotatable bonds is 3. The van der Waals surface area contributed by atoms with Crippen molar-refractivity contribution in [1.29, 1.82) is 0 Å². The number of benzene rings is 1. The van der Waals surface area contributed by atoms with Gasteiger partial charge in [-0.2, -0.15) is 0 Å². The molecule has 3 nitrogen and oxygen atoms in total. The molecule has 4 heteroatoms. The zero-order chi connectivity index (χ0) is 11.4. The monoisotopic (exact) mass is 317 g/mol. The summed E-state index contributed by atoms with van der Waals surface area (Å²) in [6, 6.07) is 4.98. The van der Waals surface area contributed by atoms with Crippen LogP contribution in [0.25, 0.3) is 0 Å². The van der Waals surface area contributed by atoms with Crippen molar-refractivity contribution in [3.8, 4) is 5.75 Å². The van der Waals surface area contributed by atoms with Gasteiger partial charge < -0.3 is 10.0 Å². The van der Waals surface area contributed by atoms with Crippen LogP contribution in [-0.4, -0.2) is 29.9 Å². The average molecular weight is 317 g/mol. The van der Waals surface area contributed by atoms with Gasteiger partial charge in [0, 0.05) is 29.9 Å². The molecule has 80 valence electrons. The quantitative estimate of drug-likeness (QED) is 0.528. The van der Waals surface area contributed by atoms with Crippen LogP contribution in [0.15, 0.2) is 30.5 Å². The second-order valence-corrected chi connectivity index (χ2v) is 4.55. The third kappa shape index (κ3) is 3.54. The van der Waals surface area contributed by atoms with Crippen molar-refractivity contribution in [3.63, 3.8) is 0 Å². The van der Waals surface area contributed by atoms with Crippen molar-refractivity contribution in [2.24, 2.45) is 0 Å². The number of carbonyl (C=O) groups is 1. The highest BCUT2D eigenvalue weighted by molar-refractivity contribution is 14.1. The molecule has 0 radical (unpaired) electrons. The molecule has 0 saturated carbocycles. The molecule has 0 saturated heterocycles. The average Bonchev–Trinajstić information content (AvgIpc) is 2.14. The highest BCUT2D eigenvalue weighted by Crippen LogP contribution is 2.20. The molecule has 0 atom stereocenters. The Balaban J connectivity index is 2.92. The Morgan fingerprint density at radius 2 is 2.13 bits per heavy atom. The van der Waals surface area contributed by atoms with E-state index in [0.29, 0.717) is 5.56 Å². The van der Waals surface area contributed by atoms with Crippen LogP contribution in [0.4, 0.5) is 0 Å². The molecule has 0 aliphatic heterocycles. The van der Waals surface area contributed by atoms with E-state index in [0.717, 1.165) is 3.57 Å².